The van der Waals surface area contributed by atoms with Gasteiger partial charge in [-0.05, 0) is 205 Å². The number of benzene rings is 11. The number of rotatable bonds is 10. The normalized spacial score (nSPS) is 13.6. The Bertz CT molecular complexity index is 5240. The minimum atomic E-state index is -3.07. The van der Waals surface area contributed by atoms with Crippen molar-refractivity contribution < 1.29 is 28.0 Å². The zero-order valence-electron chi connectivity index (χ0n) is 60.8. The van der Waals surface area contributed by atoms with E-state index in [-0.39, 0.29) is 29.7 Å². The van der Waals surface area contributed by atoms with Crippen molar-refractivity contribution >= 4 is 167 Å². The number of anilines is 3. The Balaban J connectivity index is 0.000000140. The smallest absolute Gasteiger partial charge is 0.310 e. The van der Waals surface area contributed by atoms with Gasteiger partial charge in [0.2, 0.25) is 0 Å². The maximum atomic E-state index is 14.7. The molecule has 1 aliphatic carbocycles. The molecule has 0 saturated heterocycles. The van der Waals surface area contributed by atoms with Crippen molar-refractivity contribution in [3.05, 3.63) is 439 Å². The van der Waals surface area contributed by atoms with E-state index in [1.54, 1.807) is 31.0 Å². The van der Waals surface area contributed by atoms with E-state index in [0.29, 0.717) is 0 Å². The van der Waals surface area contributed by atoms with Crippen LogP contribution in [0, 0.1) is 6.07 Å². The number of para-hydroxylation sites is 2. The van der Waals surface area contributed by atoms with Crippen molar-refractivity contribution in [2.24, 2.45) is 0 Å². The van der Waals surface area contributed by atoms with E-state index in [9.17, 15) is 9.13 Å². The molecule has 5 heterocycles. The Hall–Kier alpha value is -8.29. The van der Waals surface area contributed by atoms with Gasteiger partial charge in [0.1, 0.15) is 4.60 Å². The Morgan fingerprint density at radius 3 is 1.12 bits per heavy atom. The molecule has 1 aliphatic heterocycles. The molecular formula is C93H76Br5LiN5O2P3. The van der Waals surface area contributed by atoms with Gasteiger partial charge >= 0.3 is 18.9 Å². The van der Waals surface area contributed by atoms with Gasteiger partial charge in [-0.15, -0.1) is 0 Å². The number of fused-ring (bicyclic) bond motifs is 4. The fourth-order valence-electron chi connectivity index (χ4n) is 13.4. The summed E-state index contributed by atoms with van der Waals surface area (Å²) in [5, 5.41) is 8.67. The molecule has 4 aromatic heterocycles. The van der Waals surface area contributed by atoms with Crippen LogP contribution in [0.3, 0.4) is 0 Å². The van der Waals surface area contributed by atoms with Crippen LogP contribution in [0.4, 0.5) is 17.1 Å². The molecule has 0 spiro atoms. The van der Waals surface area contributed by atoms with E-state index in [1.807, 2.05) is 176 Å². The second-order valence-corrected chi connectivity index (χ2v) is 38.5. The van der Waals surface area contributed by atoms with Crippen molar-refractivity contribution in [3.63, 3.8) is 0 Å². The van der Waals surface area contributed by atoms with Gasteiger partial charge in [-0.2, -0.15) is 30.3 Å². The van der Waals surface area contributed by atoms with Gasteiger partial charge in [-0.1, -0.05) is 274 Å². The molecule has 109 heavy (non-hydrogen) atoms. The summed E-state index contributed by atoms with van der Waals surface area (Å²) >= 11 is 16.7. The Labute approximate surface area is 696 Å². The van der Waals surface area contributed by atoms with Crippen molar-refractivity contribution in [3.8, 4) is 0 Å². The topological polar surface area (TPSA) is 88.9 Å². The SMILES string of the molecule is Brc1cc[c-]cc1.Brc1ccc(Br)nc1.Brc1ccc(P(c2ccccc2)c2cccnc2)cc1.CC1(C)c2ccccc2Cc2ccccc21.CC1(C)c2ccccc2N(c2ccc(P(=O)(c3ccccc3)c3cccnc3)cc2)c2ccccc21.O=P(c1ccccc1)(c1ccc(Br)cc1)c1cccnc1.[Li+]. The molecule has 0 amide bonds. The van der Waals surface area contributed by atoms with Gasteiger partial charge in [0, 0.05) is 110 Å². The van der Waals surface area contributed by atoms with Crippen LogP contribution in [0.15, 0.2) is 400 Å². The summed E-state index contributed by atoms with van der Waals surface area (Å²) < 4.78 is 33.6. The van der Waals surface area contributed by atoms with Gasteiger partial charge in [0.25, 0.3) is 0 Å². The molecule has 0 saturated carbocycles. The minimum absolute atomic E-state index is 0. The van der Waals surface area contributed by atoms with Gasteiger partial charge < -0.3 is 14.0 Å². The van der Waals surface area contributed by atoms with Gasteiger partial charge in [-0.25, -0.2) is 4.98 Å². The second kappa shape index (κ2) is 38.6. The first-order valence-electron chi connectivity index (χ1n) is 35.0. The molecule has 7 nitrogen and oxygen atoms in total. The van der Waals surface area contributed by atoms with Crippen molar-refractivity contribution in [1.29, 1.82) is 0 Å². The summed E-state index contributed by atoms with van der Waals surface area (Å²) in [4.78, 5) is 19.0. The van der Waals surface area contributed by atoms with E-state index in [0.717, 1.165) is 66.4 Å². The Morgan fingerprint density at radius 2 is 0.697 bits per heavy atom. The number of aromatic nitrogens is 4. The molecule has 536 valence electrons. The first-order chi connectivity index (χ1) is 52.4. The first-order valence-corrected chi connectivity index (χ1v) is 43.7. The Kier molecular flexibility index (Phi) is 28.9. The summed E-state index contributed by atoms with van der Waals surface area (Å²) in [6.07, 6.45) is 13.4. The molecule has 0 radical (unpaired) electrons. The zero-order valence-corrected chi connectivity index (χ0v) is 71.4. The second-order valence-electron chi connectivity index (χ2n) is 26.3. The fraction of sp³-hybridized carbons (Fsp3) is 0.0753. The molecule has 16 heteroatoms. The molecule has 3 atom stereocenters. The van der Waals surface area contributed by atoms with Crippen LogP contribution < -0.4 is 71.5 Å². The van der Waals surface area contributed by atoms with Crippen LogP contribution in [0.25, 0.3) is 0 Å². The van der Waals surface area contributed by atoms with Gasteiger partial charge in [-0.3, -0.25) is 15.0 Å². The third-order valence-corrected chi connectivity index (χ3v) is 29.7. The average molecular weight is 1800 g/mol. The largest absolute Gasteiger partial charge is 1.00 e. The third-order valence-electron chi connectivity index (χ3n) is 18.7. The quantitative estimate of drug-likeness (QED) is 0.0583. The summed E-state index contributed by atoms with van der Waals surface area (Å²) in [5.41, 5.74) is 11.9. The fourth-order valence-corrected chi connectivity index (χ4v) is 22.1. The third kappa shape index (κ3) is 19.7. The molecule has 3 unspecified atom stereocenters. The number of nitrogens with zero attached hydrogens (tertiary/aromatic N) is 5. The number of halogens is 5. The molecule has 0 N–H and O–H groups in total. The van der Waals surface area contributed by atoms with E-state index >= 15 is 0 Å². The van der Waals surface area contributed by atoms with E-state index in [4.69, 9.17) is 0 Å². The van der Waals surface area contributed by atoms with Crippen LogP contribution in [-0.4, -0.2) is 19.9 Å². The van der Waals surface area contributed by atoms with Crippen molar-refractivity contribution in [2.75, 3.05) is 4.90 Å². The van der Waals surface area contributed by atoms with E-state index in [1.165, 1.54) is 60.7 Å². The zero-order chi connectivity index (χ0) is 75.5. The first kappa shape index (κ1) is 81.7. The Morgan fingerprint density at radius 1 is 0.339 bits per heavy atom. The van der Waals surface area contributed by atoms with Gasteiger partial charge in [0.05, 0.1) is 11.4 Å². The van der Waals surface area contributed by atoms with Crippen molar-refractivity contribution in [2.45, 2.75) is 44.9 Å². The monoisotopic (exact) mass is 1790 g/mol. The predicted molar refractivity (Wildman–Crippen MR) is 473 cm³/mol. The molecule has 11 aromatic carbocycles. The van der Waals surface area contributed by atoms with E-state index in [2.05, 4.69) is 308 Å². The summed E-state index contributed by atoms with van der Waals surface area (Å²) in [5.74, 6) is 0. The molecule has 2 aliphatic rings. The predicted octanol–water partition coefficient (Wildman–Crippen LogP) is 19.7. The number of hydrogen-bond acceptors (Lipinski definition) is 7. The number of hydrogen-bond donors (Lipinski definition) is 0. The van der Waals surface area contributed by atoms with Gasteiger partial charge in [0.15, 0.2) is 14.3 Å². The van der Waals surface area contributed by atoms with Crippen LogP contribution in [0.5, 0.6) is 0 Å². The number of pyridine rings is 4. The molecule has 0 bridgehead atoms. The maximum absolute atomic E-state index is 14.7. The van der Waals surface area contributed by atoms with Crippen LogP contribution in [0.2, 0.25) is 0 Å². The van der Waals surface area contributed by atoms with Crippen LogP contribution in [0.1, 0.15) is 61.1 Å². The molecular weight excluding hydrogens is 1720 g/mol. The van der Waals surface area contributed by atoms with Crippen molar-refractivity contribution in [1.82, 2.24) is 19.9 Å². The molecule has 15 aromatic rings. The minimum Gasteiger partial charge on any atom is -0.310 e. The average Bonchev–Trinajstić information content (AvgIpc) is 0.730. The maximum Gasteiger partial charge on any atom is 1.00 e. The van der Waals surface area contributed by atoms with Crippen LogP contribution in [-0.2, 0) is 26.4 Å². The van der Waals surface area contributed by atoms with Crippen LogP contribution >= 0.6 is 102 Å². The summed E-state index contributed by atoms with van der Waals surface area (Å²) in [6, 6.07) is 115. The molecule has 0 fully saturated rings. The van der Waals surface area contributed by atoms with E-state index < -0.39 is 22.2 Å². The standard InChI is InChI=1S/C32H27N2OP.C17H13BrNOP.C17H13BrNP.C16H16.C6H4Br.C5H3Br2N.Li/c1-32(2)28-14-6-8-16-30(28)34(31-17-9-7-15-29(31)32)24-18-20-26(21-19-24)36(35,25-11-4-3-5-12-25)27-13-10-22-33-23-27;18-14-8-10-16(11-9-14)21(20,15-5-2-1-3-6-15)17-7-4-12-19-13-17;18-14-8-10-16(11-9-14)20(15-5-2-1-3-6-15)17-7-4-12-19-13-17;1-16(2)14-9-5-3-7-12(14)11-13-8-4-6-10-15(13)16;7-6-4-2-1-3-5-6;6-4-1-2-5(7)8-3-4;/h3-23H,1-2H3;1-13H;1-13H;3-10H,11H2,1-2H3;2-5H;1-3H;/q;;;;-1;;+1. The summed E-state index contributed by atoms with van der Waals surface area (Å²) in [6.45, 7) is 9.22. The summed E-state index contributed by atoms with van der Waals surface area (Å²) in [7, 11) is -6.49. The molecule has 17 rings (SSSR count).